The van der Waals surface area contributed by atoms with Crippen LogP contribution in [0.3, 0.4) is 0 Å². The van der Waals surface area contributed by atoms with Gasteiger partial charge in [-0.1, -0.05) is 0 Å². The summed E-state index contributed by atoms with van der Waals surface area (Å²) in [6.45, 7) is -0.575. The van der Waals surface area contributed by atoms with E-state index in [1.807, 2.05) is 5.32 Å². The van der Waals surface area contributed by atoms with E-state index in [-0.39, 0.29) is 4.88 Å². The maximum atomic E-state index is 13.1. The number of thiophene rings is 1. The number of hydrogen-bond acceptors (Lipinski definition) is 5. The monoisotopic (exact) mass is 310 g/mol. The maximum Gasteiger partial charge on any atom is 0.348 e. The van der Waals surface area contributed by atoms with Crippen molar-refractivity contribution in [3.8, 4) is 0 Å². The van der Waals surface area contributed by atoms with Crippen LogP contribution in [-0.2, 0) is 9.53 Å². The van der Waals surface area contributed by atoms with E-state index in [1.165, 1.54) is 25.2 Å². The van der Waals surface area contributed by atoms with Gasteiger partial charge in [0, 0.05) is 11.7 Å². The molecule has 0 fully saturated rings. The van der Waals surface area contributed by atoms with Gasteiger partial charge in [-0.3, -0.25) is 10.1 Å². The number of rotatable bonds is 3. The first-order chi connectivity index (χ1) is 9.99. The lowest BCUT2D eigenvalue weighted by Crippen LogP contribution is -2.39. The molecule has 0 spiro atoms. The van der Waals surface area contributed by atoms with Crippen molar-refractivity contribution in [2.45, 2.75) is 0 Å². The highest BCUT2D eigenvalue weighted by Gasteiger charge is 2.14. The Bertz CT molecular complexity index is 713. The minimum absolute atomic E-state index is 0.253. The number of esters is 1. The van der Waals surface area contributed by atoms with Crippen molar-refractivity contribution in [2.75, 3.05) is 13.7 Å². The molecule has 6 nitrogen and oxygen atoms in total. The van der Waals surface area contributed by atoms with Gasteiger partial charge in [0.1, 0.15) is 10.7 Å². The summed E-state index contributed by atoms with van der Waals surface area (Å²) in [4.78, 5) is 34.2. The van der Waals surface area contributed by atoms with Gasteiger partial charge in [-0.15, -0.1) is 11.3 Å². The SMILES string of the molecule is CNC(=O)NC(=O)COC(=O)c1cc2cc(F)ccc2s1. The molecule has 3 amide bonds. The second-order valence-corrected chi connectivity index (χ2v) is 5.08. The van der Waals surface area contributed by atoms with Crippen molar-refractivity contribution in [2.24, 2.45) is 0 Å². The highest BCUT2D eigenvalue weighted by Crippen LogP contribution is 2.26. The molecule has 0 saturated heterocycles. The summed E-state index contributed by atoms with van der Waals surface area (Å²) in [7, 11) is 1.35. The molecule has 2 aromatic rings. The molecule has 2 rings (SSSR count). The molecular weight excluding hydrogens is 299 g/mol. The molecular formula is C13H11FN2O4S. The van der Waals surface area contributed by atoms with Crippen molar-refractivity contribution in [3.05, 3.63) is 35.0 Å². The van der Waals surface area contributed by atoms with Crippen LogP contribution in [0.2, 0.25) is 0 Å². The summed E-state index contributed by atoms with van der Waals surface area (Å²) in [5.74, 6) is -1.84. The van der Waals surface area contributed by atoms with Crippen LogP contribution < -0.4 is 10.6 Å². The lowest BCUT2D eigenvalue weighted by atomic mass is 10.2. The largest absolute Gasteiger partial charge is 0.451 e. The van der Waals surface area contributed by atoms with E-state index in [1.54, 1.807) is 6.07 Å². The third-order valence-electron chi connectivity index (χ3n) is 2.49. The van der Waals surface area contributed by atoms with E-state index in [0.29, 0.717) is 5.39 Å². The van der Waals surface area contributed by atoms with Gasteiger partial charge in [0.2, 0.25) is 0 Å². The number of amides is 3. The van der Waals surface area contributed by atoms with Crippen LogP contribution in [0.4, 0.5) is 9.18 Å². The van der Waals surface area contributed by atoms with E-state index in [4.69, 9.17) is 4.74 Å². The highest BCUT2D eigenvalue weighted by atomic mass is 32.1. The molecule has 8 heteroatoms. The van der Waals surface area contributed by atoms with Gasteiger partial charge in [0.05, 0.1) is 0 Å². The van der Waals surface area contributed by atoms with Crippen LogP contribution in [0.25, 0.3) is 10.1 Å². The van der Waals surface area contributed by atoms with Crippen LogP contribution in [0.5, 0.6) is 0 Å². The number of carbonyl (C=O) groups is 3. The molecule has 1 heterocycles. The number of nitrogens with one attached hydrogen (secondary N) is 2. The quantitative estimate of drug-likeness (QED) is 0.844. The van der Waals surface area contributed by atoms with Crippen LogP contribution in [0, 0.1) is 5.82 Å². The molecule has 0 atom stereocenters. The lowest BCUT2D eigenvalue weighted by molar-refractivity contribution is -0.123. The van der Waals surface area contributed by atoms with Crippen molar-refractivity contribution >= 4 is 39.3 Å². The Labute approximate surface area is 122 Å². The van der Waals surface area contributed by atoms with Crippen molar-refractivity contribution in [1.82, 2.24) is 10.6 Å². The molecule has 0 bridgehead atoms. The Balaban J connectivity index is 1.99. The molecule has 1 aromatic heterocycles. The predicted octanol–water partition coefficient (Wildman–Crippen LogP) is 1.65. The van der Waals surface area contributed by atoms with Crippen LogP contribution in [0.1, 0.15) is 9.67 Å². The molecule has 110 valence electrons. The normalized spacial score (nSPS) is 10.2. The van der Waals surface area contributed by atoms with Crippen LogP contribution in [-0.4, -0.2) is 31.6 Å². The molecule has 0 radical (unpaired) electrons. The zero-order chi connectivity index (χ0) is 15.4. The Morgan fingerprint density at radius 1 is 1.29 bits per heavy atom. The van der Waals surface area contributed by atoms with E-state index < -0.39 is 30.3 Å². The van der Waals surface area contributed by atoms with E-state index >= 15 is 0 Å². The number of benzene rings is 1. The molecule has 0 saturated carbocycles. The lowest BCUT2D eigenvalue weighted by Gasteiger charge is -2.03. The Morgan fingerprint density at radius 2 is 2.05 bits per heavy atom. The number of halogens is 1. The number of imide groups is 1. The van der Waals surface area contributed by atoms with Crippen LogP contribution in [0.15, 0.2) is 24.3 Å². The number of carbonyl (C=O) groups excluding carboxylic acids is 3. The Kier molecular flexibility index (Phi) is 4.49. The van der Waals surface area contributed by atoms with Crippen molar-refractivity contribution in [1.29, 1.82) is 0 Å². The summed E-state index contributed by atoms with van der Waals surface area (Å²) < 4.78 is 18.6. The topological polar surface area (TPSA) is 84.5 Å². The van der Waals surface area contributed by atoms with E-state index in [9.17, 15) is 18.8 Å². The third kappa shape index (κ3) is 3.76. The van der Waals surface area contributed by atoms with Crippen LogP contribution >= 0.6 is 11.3 Å². The van der Waals surface area contributed by atoms with Gasteiger partial charge in [0.25, 0.3) is 5.91 Å². The van der Waals surface area contributed by atoms with Crippen molar-refractivity contribution < 1.29 is 23.5 Å². The first-order valence-electron chi connectivity index (χ1n) is 5.87. The second kappa shape index (κ2) is 6.31. The average molecular weight is 310 g/mol. The summed E-state index contributed by atoms with van der Waals surface area (Å²) >= 11 is 1.13. The summed E-state index contributed by atoms with van der Waals surface area (Å²) in [6.07, 6.45) is 0. The zero-order valence-electron chi connectivity index (χ0n) is 10.9. The first-order valence-corrected chi connectivity index (χ1v) is 6.69. The number of hydrogen-bond donors (Lipinski definition) is 2. The Morgan fingerprint density at radius 3 is 2.76 bits per heavy atom. The molecule has 0 unspecified atom stereocenters. The van der Waals surface area contributed by atoms with Gasteiger partial charge in [-0.25, -0.2) is 14.0 Å². The van der Waals surface area contributed by atoms with Gasteiger partial charge in [-0.2, -0.15) is 0 Å². The molecule has 21 heavy (non-hydrogen) atoms. The molecule has 0 aliphatic rings. The number of fused-ring (bicyclic) bond motifs is 1. The first kappa shape index (κ1) is 14.9. The smallest absolute Gasteiger partial charge is 0.348 e. The molecule has 1 aromatic carbocycles. The average Bonchev–Trinajstić information content (AvgIpc) is 2.87. The zero-order valence-corrected chi connectivity index (χ0v) is 11.8. The van der Waals surface area contributed by atoms with Crippen molar-refractivity contribution in [3.63, 3.8) is 0 Å². The van der Waals surface area contributed by atoms with Gasteiger partial charge in [-0.05, 0) is 29.7 Å². The molecule has 0 aliphatic heterocycles. The number of urea groups is 1. The second-order valence-electron chi connectivity index (χ2n) is 4.00. The minimum Gasteiger partial charge on any atom is -0.451 e. The fourth-order valence-corrected chi connectivity index (χ4v) is 2.48. The Hall–Kier alpha value is -2.48. The number of ether oxygens (including phenoxy) is 1. The predicted molar refractivity (Wildman–Crippen MR) is 74.7 cm³/mol. The van der Waals surface area contributed by atoms with Gasteiger partial charge < -0.3 is 10.1 Å². The fourth-order valence-electron chi connectivity index (χ4n) is 1.54. The summed E-state index contributed by atoms with van der Waals surface area (Å²) in [6, 6.07) is 4.96. The fraction of sp³-hybridized carbons (Fsp3) is 0.154. The van der Waals surface area contributed by atoms with Gasteiger partial charge >= 0.3 is 12.0 Å². The summed E-state index contributed by atoms with van der Waals surface area (Å²) in [5.41, 5.74) is 0. The summed E-state index contributed by atoms with van der Waals surface area (Å²) in [5, 5.41) is 4.74. The third-order valence-corrected chi connectivity index (χ3v) is 3.59. The maximum absolute atomic E-state index is 13.1. The standard InChI is InChI=1S/C13H11FN2O4S/c1-15-13(19)16-11(17)6-20-12(18)10-5-7-4-8(14)2-3-9(7)21-10/h2-5H,6H2,1H3,(H2,15,16,17,19). The van der Waals surface area contributed by atoms with Gasteiger partial charge in [0.15, 0.2) is 6.61 Å². The molecule has 2 N–H and O–H groups in total. The van der Waals surface area contributed by atoms with E-state index in [0.717, 1.165) is 16.0 Å². The highest BCUT2D eigenvalue weighted by molar-refractivity contribution is 7.20. The molecule has 0 aliphatic carbocycles. The van der Waals surface area contributed by atoms with E-state index in [2.05, 4.69) is 5.32 Å². The minimum atomic E-state index is -0.741.